The molecule has 1 heterocycles. The molecule has 0 fully saturated rings. The molecule has 2 aromatic rings. The van der Waals surface area contributed by atoms with Gasteiger partial charge in [0.15, 0.2) is 15.8 Å². The summed E-state index contributed by atoms with van der Waals surface area (Å²) in [4.78, 5) is 5.96. The number of benzene rings is 1. The third-order valence-electron chi connectivity index (χ3n) is 3.96. The summed E-state index contributed by atoms with van der Waals surface area (Å²) < 4.78 is 40.4. The molecule has 0 bridgehead atoms. The van der Waals surface area contributed by atoms with E-state index in [-0.39, 0.29) is 41.2 Å². The van der Waals surface area contributed by atoms with Crippen molar-refractivity contribution in [3.63, 3.8) is 0 Å². The fourth-order valence-corrected chi connectivity index (χ4v) is 4.06. The molecule has 156 valence electrons. The van der Waals surface area contributed by atoms with Crippen LogP contribution in [0.3, 0.4) is 0 Å². The number of halogens is 3. The van der Waals surface area contributed by atoms with Gasteiger partial charge < -0.3 is 14.8 Å². The number of hydrogen-bond donors (Lipinski definition) is 1. The minimum Gasteiger partial charge on any atom is -0.357 e. The maximum absolute atomic E-state index is 13.8. The molecule has 2 rings (SSSR count). The molecular formula is C18H25ClFIN4O2S. The number of sulfone groups is 1. The van der Waals surface area contributed by atoms with Crippen LogP contribution in [0.5, 0.6) is 0 Å². The molecule has 0 atom stereocenters. The van der Waals surface area contributed by atoms with Gasteiger partial charge in [0.05, 0.1) is 23.9 Å². The Balaban J connectivity index is 0.00000392. The molecule has 0 amide bonds. The Hall–Kier alpha value is -1.33. The van der Waals surface area contributed by atoms with E-state index in [2.05, 4.69) is 10.3 Å². The average Bonchev–Trinajstić information content (AvgIpc) is 2.91. The number of hydrogen-bond acceptors (Lipinski definition) is 3. The van der Waals surface area contributed by atoms with Crippen LogP contribution in [0.4, 0.5) is 4.39 Å². The van der Waals surface area contributed by atoms with Crippen LogP contribution in [0, 0.1) is 5.82 Å². The van der Waals surface area contributed by atoms with Gasteiger partial charge in [-0.25, -0.2) is 12.8 Å². The number of nitrogens with zero attached hydrogens (tertiary/aromatic N) is 3. The van der Waals surface area contributed by atoms with Crippen LogP contribution in [-0.4, -0.2) is 49.7 Å². The first-order chi connectivity index (χ1) is 12.7. The van der Waals surface area contributed by atoms with Gasteiger partial charge in [-0.1, -0.05) is 23.7 Å². The average molecular weight is 543 g/mol. The van der Waals surface area contributed by atoms with E-state index in [1.807, 2.05) is 42.7 Å². The van der Waals surface area contributed by atoms with E-state index in [1.165, 1.54) is 18.2 Å². The highest BCUT2D eigenvalue weighted by molar-refractivity contribution is 14.0. The lowest BCUT2D eigenvalue weighted by molar-refractivity contribution is 0.462. The standard InChI is InChI=1S/C18H24ClFN4O2S.HI/c1-4-21-18(24(3)13-15-11-14(19)12-23(15)2)22-9-10-27(25,26)17-8-6-5-7-16(17)20;/h5-8,11-12H,4,9-10,13H2,1-3H3,(H,21,22);1H. The van der Waals surface area contributed by atoms with Crippen molar-refractivity contribution < 1.29 is 12.8 Å². The Morgan fingerprint density at radius 1 is 1.36 bits per heavy atom. The molecule has 10 heteroatoms. The maximum atomic E-state index is 13.8. The monoisotopic (exact) mass is 542 g/mol. The van der Waals surface area contributed by atoms with Gasteiger partial charge in [0.2, 0.25) is 0 Å². The Labute approximate surface area is 187 Å². The molecule has 0 unspecified atom stereocenters. The van der Waals surface area contributed by atoms with Gasteiger partial charge in [-0.2, -0.15) is 0 Å². The van der Waals surface area contributed by atoms with E-state index in [0.29, 0.717) is 24.1 Å². The zero-order valence-electron chi connectivity index (χ0n) is 16.0. The van der Waals surface area contributed by atoms with Gasteiger partial charge in [-0.15, -0.1) is 24.0 Å². The maximum Gasteiger partial charge on any atom is 0.194 e. The molecular weight excluding hydrogens is 518 g/mol. The topological polar surface area (TPSA) is 66.7 Å². The second-order valence-corrected chi connectivity index (χ2v) is 8.62. The number of aliphatic imine (C=N–C) groups is 1. The molecule has 28 heavy (non-hydrogen) atoms. The van der Waals surface area contributed by atoms with Crippen molar-refractivity contribution in [1.82, 2.24) is 14.8 Å². The summed E-state index contributed by atoms with van der Waals surface area (Å²) in [5.74, 6) is -0.447. The van der Waals surface area contributed by atoms with Crippen LogP contribution in [0.15, 0.2) is 46.4 Å². The highest BCUT2D eigenvalue weighted by Gasteiger charge is 2.18. The number of aromatic nitrogens is 1. The molecule has 1 N–H and O–H groups in total. The van der Waals surface area contributed by atoms with E-state index in [4.69, 9.17) is 11.6 Å². The number of guanidine groups is 1. The lowest BCUT2D eigenvalue weighted by Gasteiger charge is -2.22. The van der Waals surface area contributed by atoms with E-state index in [0.717, 1.165) is 11.8 Å². The summed E-state index contributed by atoms with van der Waals surface area (Å²) in [6.45, 7) is 3.14. The van der Waals surface area contributed by atoms with E-state index < -0.39 is 15.7 Å². The van der Waals surface area contributed by atoms with Gasteiger partial charge in [0.25, 0.3) is 0 Å². The molecule has 0 saturated carbocycles. The van der Waals surface area contributed by atoms with Gasteiger partial charge in [0, 0.05) is 32.5 Å². The van der Waals surface area contributed by atoms with Crippen LogP contribution >= 0.6 is 35.6 Å². The number of rotatable bonds is 7. The summed E-state index contributed by atoms with van der Waals surface area (Å²) in [6, 6.07) is 7.23. The van der Waals surface area contributed by atoms with Crippen molar-refractivity contribution in [2.75, 3.05) is 25.9 Å². The highest BCUT2D eigenvalue weighted by Crippen LogP contribution is 2.16. The van der Waals surface area contributed by atoms with Gasteiger partial charge in [-0.05, 0) is 25.1 Å². The van der Waals surface area contributed by atoms with E-state index in [9.17, 15) is 12.8 Å². The molecule has 0 aliphatic rings. The first-order valence-corrected chi connectivity index (χ1v) is 10.5. The Morgan fingerprint density at radius 2 is 2.04 bits per heavy atom. The van der Waals surface area contributed by atoms with E-state index >= 15 is 0 Å². The summed E-state index contributed by atoms with van der Waals surface area (Å²) in [7, 11) is 0.0183. The summed E-state index contributed by atoms with van der Waals surface area (Å²) in [5, 5.41) is 3.78. The fourth-order valence-electron chi connectivity index (χ4n) is 2.59. The molecule has 1 aromatic heterocycles. The van der Waals surface area contributed by atoms with Crippen molar-refractivity contribution in [2.45, 2.75) is 18.4 Å². The molecule has 0 saturated heterocycles. The predicted octanol–water partition coefficient (Wildman–Crippen LogP) is 3.31. The quantitative estimate of drug-likeness (QED) is 0.331. The van der Waals surface area contributed by atoms with Crippen molar-refractivity contribution in [2.24, 2.45) is 12.0 Å². The van der Waals surface area contributed by atoms with Crippen molar-refractivity contribution in [1.29, 1.82) is 0 Å². The third-order valence-corrected chi connectivity index (χ3v) is 5.89. The number of aryl methyl sites for hydroxylation is 1. The first kappa shape index (κ1) is 24.7. The smallest absolute Gasteiger partial charge is 0.194 e. The van der Waals surface area contributed by atoms with Crippen molar-refractivity contribution in [3.05, 3.63) is 53.1 Å². The van der Waals surface area contributed by atoms with Crippen LogP contribution in [0.1, 0.15) is 12.6 Å². The third kappa shape index (κ3) is 6.63. The Kier molecular flexibility index (Phi) is 9.72. The van der Waals surface area contributed by atoms with Crippen LogP contribution in [0.2, 0.25) is 5.02 Å². The van der Waals surface area contributed by atoms with Gasteiger partial charge >= 0.3 is 0 Å². The first-order valence-electron chi connectivity index (χ1n) is 8.52. The van der Waals surface area contributed by atoms with E-state index in [1.54, 1.807) is 0 Å². The molecule has 0 aliphatic heterocycles. The second-order valence-electron chi connectivity index (χ2n) is 6.10. The molecule has 0 aliphatic carbocycles. The molecule has 1 aromatic carbocycles. The SMILES string of the molecule is CCNC(=NCCS(=O)(=O)c1ccccc1F)N(C)Cc1cc(Cl)cn1C.I. The molecule has 0 radical (unpaired) electrons. The lowest BCUT2D eigenvalue weighted by atomic mass is 10.3. The summed E-state index contributed by atoms with van der Waals surface area (Å²) in [5.41, 5.74) is 0.993. The largest absolute Gasteiger partial charge is 0.357 e. The fraction of sp³-hybridized carbons (Fsp3) is 0.389. The van der Waals surface area contributed by atoms with Crippen LogP contribution in [-0.2, 0) is 23.4 Å². The summed E-state index contributed by atoms with van der Waals surface area (Å²) >= 11 is 6.01. The minimum atomic E-state index is -3.74. The molecule has 0 spiro atoms. The van der Waals surface area contributed by atoms with Gasteiger partial charge in [-0.3, -0.25) is 4.99 Å². The lowest BCUT2D eigenvalue weighted by Crippen LogP contribution is -2.39. The highest BCUT2D eigenvalue weighted by atomic mass is 127. The Morgan fingerprint density at radius 3 is 2.61 bits per heavy atom. The van der Waals surface area contributed by atoms with Crippen molar-refractivity contribution >= 4 is 51.4 Å². The summed E-state index contributed by atoms with van der Waals surface area (Å²) in [6.07, 6.45) is 1.82. The number of nitrogens with one attached hydrogen (secondary N) is 1. The predicted molar refractivity (Wildman–Crippen MR) is 122 cm³/mol. The zero-order chi connectivity index (χ0) is 20.0. The van der Waals surface area contributed by atoms with Crippen LogP contribution < -0.4 is 5.32 Å². The minimum absolute atomic E-state index is 0. The van der Waals surface area contributed by atoms with Crippen molar-refractivity contribution in [3.8, 4) is 0 Å². The van der Waals surface area contributed by atoms with Gasteiger partial charge in [0.1, 0.15) is 10.7 Å². The normalized spacial score (nSPS) is 11.8. The Bertz CT molecular complexity index is 918. The second kappa shape index (κ2) is 11.0. The zero-order valence-corrected chi connectivity index (χ0v) is 19.9. The van der Waals surface area contributed by atoms with Crippen LogP contribution in [0.25, 0.3) is 0 Å². The molecule has 6 nitrogen and oxygen atoms in total.